The number of hydrogen-bond acceptors (Lipinski definition) is 14. The number of rotatable bonds is 24. The topological polar surface area (TPSA) is 318 Å². The molecule has 2 heterocycles. The van der Waals surface area contributed by atoms with Crippen molar-refractivity contribution < 1.29 is 90.4 Å². The zero-order chi connectivity index (χ0) is 61.4. The molecule has 9 rings (SSSR count). The van der Waals surface area contributed by atoms with Crippen molar-refractivity contribution in [2.45, 2.75) is 93.3 Å². The number of fused-ring (bicyclic) bond motifs is 7. The maximum atomic E-state index is 12.5. The summed E-state index contributed by atoms with van der Waals surface area (Å²) in [7, 11) is -13.9. The van der Waals surface area contributed by atoms with Crippen LogP contribution >= 0.6 is 0 Å². The number of nitrogens with zero attached hydrogens (tertiary/aromatic N) is 2. The summed E-state index contributed by atoms with van der Waals surface area (Å²) in [6.07, 6.45) is 10.9. The number of ether oxygens (including phenoxy) is 3. The van der Waals surface area contributed by atoms with Crippen molar-refractivity contribution in [2.24, 2.45) is 0 Å². The minimum Gasteiger partial charge on any atom is -0.481 e. The lowest BCUT2D eigenvalue weighted by atomic mass is 9.78. The van der Waals surface area contributed by atoms with E-state index in [0.717, 1.165) is 39.8 Å². The van der Waals surface area contributed by atoms with Gasteiger partial charge in [-0.2, -0.15) is 34.0 Å². The van der Waals surface area contributed by atoms with Gasteiger partial charge >= 0.3 is 23.3 Å². The minimum atomic E-state index is -4.79. The molecule has 450 valence electrons. The standard InChI is InChI=1S/C60H62N2O19S4/c1-59(2)50(61(26-7-9-28-80-82(67)68)46-22-17-41-31-44(84(72,73)74)33-48(54(41)56(46)59)78-35-52(63)64)24-19-38-14-11-15-39(58(38)81-43-21-16-37-12-5-6-13-40(37)30-43)20-25-51-60(3,4)57-47(62(51)27-8-10-29-83(69,70)71)23-18-42-32-45(85(75,76)77)34-49(55(42)57)79-36-53(65)66/h5-6,12-13,16-25,30-34H,7-11,14-15,26-29,35-36H2,1-4H3,(H5-,63,64,65,66,67,68,69,70,71,72,73,74,75,76,77)/p+1. The molecule has 1 atom stereocenters. The number of aliphatic carboxylic acids is 2. The Kier molecular flexibility index (Phi) is 18.0. The lowest BCUT2D eigenvalue weighted by Crippen LogP contribution is -2.28. The summed E-state index contributed by atoms with van der Waals surface area (Å²) in [5.74, 6) is -2.24. The molecule has 0 saturated heterocycles. The Morgan fingerprint density at radius 1 is 0.682 bits per heavy atom. The Morgan fingerprint density at radius 3 is 1.91 bits per heavy atom. The first kappa shape index (κ1) is 62.2. The van der Waals surface area contributed by atoms with Crippen LogP contribution in [0.15, 0.2) is 148 Å². The Labute approximate surface area is 493 Å². The van der Waals surface area contributed by atoms with Gasteiger partial charge in [0, 0.05) is 64.8 Å². The van der Waals surface area contributed by atoms with Crippen LogP contribution in [0, 0.1) is 0 Å². The molecule has 1 unspecified atom stereocenters. The maximum absolute atomic E-state index is 12.5. The molecule has 6 aromatic carbocycles. The molecule has 0 spiro atoms. The van der Waals surface area contributed by atoms with Crippen molar-refractivity contribution in [1.29, 1.82) is 0 Å². The number of carboxylic acids is 2. The second-order valence-electron chi connectivity index (χ2n) is 21.8. The maximum Gasteiger partial charge on any atom is 0.341 e. The second-order valence-corrected chi connectivity index (χ2v) is 26.9. The summed E-state index contributed by atoms with van der Waals surface area (Å²) in [6.45, 7) is 6.75. The number of unbranched alkanes of at least 4 members (excludes halogenated alkanes) is 2. The third-order valence-corrected chi connectivity index (χ3v) is 18.2. The van der Waals surface area contributed by atoms with E-state index in [1.807, 2.05) is 99.4 Å². The third-order valence-electron chi connectivity index (χ3n) is 15.4. The average Bonchev–Trinajstić information content (AvgIpc) is 1.69. The number of carbonyl (C=O) groups is 2. The van der Waals surface area contributed by atoms with Crippen LogP contribution in [0.5, 0.6) is 17.2 Å². The fourth-order valence-corrected chi connectivity index (χ4v) is 13.6. The fraction of sp³-hybridized carbons (Fsp3) is 0.317. The molecule has 0 aromatic heterocycles. The second kappa shape index (κ2) is 24.6. The van der Waals surface area contributed by atoms with E-state index in [4.69, 9.17) is 18.4 Å². The van der Waals surface area contributed by atoms with E-state index in [2.05, 4.69) is 4.58 Å². The van der Waals surface area contributed by atoms with Gasteiger partial charge in [0.05, 0.1) is 33.1 Å². The zero-order valence-electron chi connectivity index (χ0n) is 46.7. The number of hydrogen-bond donors (Lipinski definition) is 6. The summed E-state index contributed by atoms with van der Waals surface area (Å²) >= 11 is -2.47. The third kappa shape index (κ3) is 13.7. The van der Waals surface area contributed by atoms with E-state index >= 15 is 0 Å². The summed E-state index contributed by atoms with van der Waals surface area (Å²) in [5.41, 5.74) is 3.81. The van der Waals surface area contributed by atoms with Gasteiger partial charge < -0.3 is 29.3 Å². The molecule has 0 saturated carbocycles. The van der Waals surface area contributed by atoms with E-state index in [0.29, 0.717) is 106 Å². The van der Waals surface area contributed by atoms with E-state index in [1.165, 1.54) is 12.1 Å². The van der Waals surface area contributed by atoms with Crippen LogP contribution in [-0.2, 0) is 66.3 Å². The Bertz CT molecular complexity index is 4260. The highest BCUT2D eigenvalue weighted by atomic mass is 32.2. The van der Waals surface area contributed by atoms with Crippen molar-refractivity contribution in [3.63, 3.8) is 0 Å². The Hall–Kier alpha value is -7.33. The molecule has 3 aliphatic rings. The lowest BCUT2D eigenvalue weighted by molar-refractivity contribution is -0.438. The molecule has 1 aliphatic carbocycles. The lowest BCUT2D eigenvalue weighted by Gasteiger charge is -2.28. The smallest absolute Gasteiger partial charge is 0.341 e. The van der Waals surface area contributed by atoms with Crippen LogP contribution < -0.4 is 19.1 Å². The fourth-order valence-electron chi connectivity index (χ4n) is 11.7. The Balaban J connectivity index is 1.22. The van der Waals surface area contributed by atoms with Gasteiger partial charge in [0.25, 0.3) is 30.4 Å². The number of allylic oxidation sites excluding steroid dienone is 7. The molecule has 85 heavy (non-hydrogen) atoms. The molecule has 2 aliphatic heterocycles. The molecule has 0 bridgehead atoms. The molecule has 25 heteroatoms. The molecule has 0 radical (unpaired) electrons. The van der Waals surface area contributed by atoms with Crippen LogP contribution in [0.3, 0.4) is 0 Å². The zero-order valence-corrected chi connectivity index (χ0v) is 49.9. The molecule has 6 N–H and O–H groups in total. The Morgan fingerprint density at radius 2 is 1.29 bits per heavy atom. The van der Waals surface area contributed by atoms with E-state index in [-0.39, 0.29) is 31.1 Å². The minimum absolute atomic E-state index is 0.0128. The predicted octanol–water partition coefficient (Wildman–Crippen LogP) is 10.2. The highest BCUT2D eigenvalue weighted by Gasteiger charge is 2.47. The van der Waals surface area contributed by atoms with Gasteiger partial charge in [0.2, 0.25) is 5.69 Å². The van der Waals surface area contributed by atoms with E-state index in [9.17, 15) is 67.5 Å². The van der Waals surface area contributed by atoms with Crippen molar-refractivity contribution in [3.05, 3.63) is 149 Å². The van der Waals surface area contributed by atoms with Gasteiger partial charge in [-0.3, -0.25) is 22.4 Å². The van der Waals surface area contributed by atoms with Crippen molar-refractivity contribution in [1.82, 2.24) is 0 Å². The molecule has 0 amide bonds. The first-order chi connectivity index (χ1) is 40.0. The van der Waals surface area contributed by atoms with Crippen LogP contribution in [0.2, 0.25) is 0 Å². The van der Waals surface area contributed by atoms with E-state index in [1.54, 1.807) is 24.3 Å². The van der Waals surface area contributed by atoms with Gasteiger partial charge in [0.15, 0.2) is 18.9 Å². The number of benzene rings is 6. The van der Waals surface area contributed by atoms with Gasteiger partial charge in [0.1, 0.15) is 29.6 Å². The first-order valence-electron chi connectivity index (χ1n) is 27.0. The van der Waals surface area contributed by atoms with Crippen molar-refractivity contribution >= 4 is 103 Å². The molecular formula is C60H63N2O19S4+. The SMILES string of the molecule is CC1(C)C(/C=C/C2=C(Oc3ccc4ccccc4c3)C(=C/C=C3/N(CCCCS(=O)(=O)O)c4ccc5cc(S(=O)(=O)O)cc(OCC(=O)O)c5c4C3(C)C)/CCC2)=[N+](CCCCOS(=O)O)c2ccc3cc(S(=O)(=O)O)cc(OCC(=O)O)c3c21. The molecule has 0 fully saturated rings. The summed E-state index contributed by atoms with van der Waals surface area (Å²) < 4.78 is 150. The van der Waals surface area contributed by atoms with Crippen LogP contribution in [0.4, 0.5) is 11.4 Å². The highest BCUT2D eigenvalue weighted by Crippen LogP contribution is 2.54. The quantitative estimate of drug-likeness (QED) is 0.0142. The van der Waals surface area contributed by atoms with E-state index < -0.39 is 93.2 Å². The molecular weight excluding hydrogens is 1180 g/mol. The van der Waals surface area contributed by atoms with Crippen molar-refractivity contribution in [2.75, 3.05) is 43.6 Å². The molecule has 6 aromatic rings. The summed E-state index contributed by atoms with van der Waals surface area (Å²) in [6, 6.07) is 25.2. The van der Waals surface area contributed by atoms with Gasteiger partial charge in [-0.05, 0) is 139 Å². The summed E-state index contributed by atoms with van der Waals surface area (Å²) in [4.78, 5) is 24.7. The van der Waals surface area contributed by atoms with Gasteiger partial charge in [-0.15, -0.1) is 0 Å². The normalized spacial score (nSPS) is 17.4. The van der Waals surface area contributed by atoms with Crippen LogP contribution in [-0.4, -0.2) is 119 Å². The number of anilines is 1. The first-order valence-corrected chi connectivity index (χ1v) is 32.5. The molecule has 21 nitrogen and oxygen atoms in total. The number of carboxylic acid groups (broad SMARTS) is 2. The largest absolute Gasteiger partial charge is 0.481 e. The average molecular weight is 1240 g/mol. The van der Waals surface area contributed by atoms with Gasteiger partial charge in [-0.25, -0.2) is 9.59 Å². The monoisotopic (exact) mass is 1240 g/mol. The van der Waals surface area contributed by atoms with Gasteiger partial charge in [-0.1, -0.05) is 56.3 Å². The highest BCUT2D eigenvalue weighted by molar-refractivity contribution is 7.86. The predicted molar refractivity (Wildman–Crippen MR) is 319 cm³/mol. The van der Waals surface area contributed by atoms with Crippen LogP contribution in [0.1, 0.15) is 83.8 Å². The van der Waals surface area contributed by atoms with Crippen LogP contribution in [0.25, 0.3) is 32.3 Å². The summed E-state index contributed by atoms with van der Waals surface area (Å²) in [5, 5.41) is 22.8. The van der Waals surface area contributed by atoms with Crippen molar-refractivity contribution in [3.8, 4) is 17.2 Å².